The van der Waals surface area contributed by atoms with E-state index in [2.05, 4.69) is 10.1 Å². The number of ether oxygens (including phenoxy) is 2. The van der Waals surface area contributed by atoms with Crippen molar-refractivity contribution < 1.29 is 18.8 Å². The van der Waals surface area contributed by atoms with Crippen molar-refractivity contribution in [2.75, 3.05) is 18.1 Å². The second kappa shape index (κ2) is 7.30. The summed E-state index contributed by atoms with van der Waals surface area (Å²) in [6.07, 6.45) is 3.14. The van der Waals surface area contributed by atoms with Crippen LogP contribution in [-0.2, 0) is 6.54 Å². The third kappa shape index (κ3) is 3.06. The molecule has 28 heavy (non-hydrogen) atoms. The minimum absolute atomic E-state index is 0.125. The summed E-state index contributed by atoms with van der Waals surface area (Å²) in [4.78, 5) is 23.4. The number of anilines is 1. The predicted molar refractivity (Wildman–Crippen MR) is 102 cm³/mol. The molecule has 144 valence electrons. The van der Waals surface area contributed by atoms with Crippen LogP contribution in [0.2, 0.25) is 0 Å². The van der Waals surface area contributed by atoms with Gasteiger partial charge in [0.2, 0.25) is 0 Å². The van der Waals surface area contributed by atoms with Gasteiger partial charge in [-0.1, -0.05) is 5.16 Å². The molecule has 1 aliphatic heterocycles. The Morgan fingerprint density at radius 2 is 2.04 bits per heavy atom. The van der Waals surface area contributed by atoms with Crippen molar-refractivity contribution in [1.29, 1.82) is 0 Å². The van der Waals surface area contributed by atoms with Crippen LogP contribution in [0.4, 0.5) is 5.82 Å². The average molecular weight is 380 g/mol. The molecule has 1 aliphatic rings. The minimum Gasteiger partial charge on any atom is -0.488 e. The zero-order valence-corrected chi connectivity index (χ0v) is 15.9. The van der Waals surface area contributed by atoms with Crippen LogP contribution in [0.25, 0.3) is 11.3 Å². The topological polar surface area (TPSA) is 90.6 Å². The van der Waals surface area contributed by atoms with Crippen LogP contribution in [0.5, 0.6) is 11.6 Å². The highest BCUT2D eigenvalue weighted by molar-refractivity contribution is 6.10. The summed E-state index contributed by atoms with van der Waals surface area (Å²) in [5.41, 5.74) is 3.68. The first-order chi connectivity index (χ1) is 13.6. The molecule has 0 unspecified atom stereocenters. The van der Waals surface area contributed by atoms with Gasteiger partial charge in [-0.15, -0.1) is 0 Å². The Bertz CT molecular complexity index is 1020. The van der Waals surface area contributed by atoms with Crippen LogP contribution in [0.1, 0.15) is 35.5 Å². The van der Waals surface area contributed by atoms with Crippen LogP contribution in [0.15, 0.2) is 35.2 Å². The number of pyridine rings is 2. The number of amides is 1. The van der Waals surface area contributed by atoms with Gasteiger partial charge in [0.1, 0.15) is 6.26 Å². The number of hydrogen-bond acceptors (Lipinski definition) is 7. The van der Waals surface area contributed by atoms with E-state index in [4.69, 9.17) is 19.0 Å². The van der Waals surface area contributed by atoms with E-state index >= 15 is 0 Å². The van der Waals surface area contributed by atoms with Gasteiger partial charge in [0.15, 0.2) is 11.6 Å². The van der Waals surface area contributed by atoms with Crippen LogP contribution < -0.4 is 14.4 Å². The summed E-state index contributed by atoms with van der Waals surface area (Å²) in [5, 5.41) is 3.86. The van der Waals surface area contributed by atoms with Crippen molar-refractivity contribution in [3.8, 4) is 22.9 Å². The fraction of sp³-hybridized carbons (Fsp3) is 0.300. The molecule has 4 rings (SSSR count). The first-order valence-corrected chi connectivity index (χ1v) is 9.11. The fourth-order valence-corrected chi connectivity index (χ4v) is 3.26. The maximum absolute atomic E-state index is 12.8. The summed E-state index contributed by atoms with van der Waals surface area (Å²) < 4.78 is 16.1. The summed E-state index contributed by atoms with van der Waals surface area (Å²) in [7, 11) is 0. The van der Waals surface area contributed by atoms with Gasteiger partial charge < -0.3 is 14.0 Å². The minimum atomic E-state index is -0.125. The zero-order chi connectivity index (χ0) is 19.7. The van der Waals surface area contributed by atoms with Crippen LogP contribution >= 0.6 is 0 Å². The number of rotatable bonds is 6. The Kier molecular flexibility index (Phi) is 4.68. The molecule has 8 nitrogen and oxygen atoms in total. The monoisotopic (exact) mass is 380 g/mol. The SMILES string of the molecule is CCOc1cc(-c2cc(C)c3c(n2)CN(c2ccon2)C3=O)cnc1OCC. The van der Waals surface area contributed by atoms with Crippen molar-refractivity contribution >= 4 is 11.7 Å². The Morgan fingerprint density at radius 1 is 1.21 bits per heavy atom. The van der Waals surface area contributed by atoms with Gasteiger partial charge in [-0.2, -0.15) is 0 Å². The lowest BCUT2D eigenvalue weighted by molar-refractivity contribution is 0.0994. The van der Waals surface area contributed by atoms with Crippen LogP contribution in [-0.4, -0.2) is 34.2 Å². The number of carbonyl (C=O) groups is 1. The van der Waals surface area contributed by atoms with E-state index in [0.29, 0.717) is 48.5 Å². The molecular formula is C20H20N4O4. The molecule has 0 aliphatic carbocycles. The Morgan fingerprint density at radius 3 is 2.75 bits per heavy atom. The number of aryl methyl sites for hydroxylation is 1. The van der Waals surface area contributed by atoms with Crippen molar-refractivity contribution in [1.82, 2.24) is 15.1 Å². The molecule has 0 radical (unpaired) electrons. The highest BCUT2D eigenvalue weighted by Crippen LogP contribution is 2.34. The summed E-state index contributed by atoms with van der Waals surface area (Å²) >= 11 is 0. The highest BCUT2D eigenvalue weighted by Gasteiger charge is 2.33. The molecule has 0 aromatic carbocycles. The van der Waals surface area contributed by atoms with E-state index < -0.39 is 0 Å². The molecule has 8 heteroatoms. The van der Waals surface area contributed by atoms with Gasteiger partial charge in [-0.3, -0.25) is 14.7 Å². The molecule has 0 fully saturated rings. The highest BCUT2D eigenvalue weighted by atomic mass is 16.5. The van der Waals surface area contributed by atoms with Gasteiger partial charge >= 0.3 is 0 Å². The van der Waals surface area contributed by atoms with Gasteiger partial charge in [0.25, 0.3) is 11.8 Å². The van der Waals surface area contributed by atoms with Crippen LogP contribution in [0, 0.1) is 6.92 Å². The number of fused-ring (bicyclic) bond motifs is 1. The third-order valence-corrected chi connectivity index (χ3v) is 4.45. The molecule has 0 atom stereocenters. The van der Waals surface area contributed by atoms with Crippen molar-refractivity contribution in [3.05, 3.63) is 47.5 Å². The molecule has 0 saturated heterocycles. The van der Waals surface area contributed by atoms with Gasteiger partial charge in [-0.05, 0) is 38.5 Å². The normalized spacial score (nSPS) is 13.0. The van der Waals surface area contributed by atoms with Crippen molar-refractivity contribution in [2.24, 2.45) is 0 Å². The second-order valence-electron chi connectivity index (χ2n) is 6.29. The van der Waals surface area contributed by atoms with Crippen LogP contribution in [0.3, 0.4) is 0 Å². The molecule has 3 aromatic heterocycles. The Labute approximate surface area is 162 Å². The quantitative estimate of drug-likeness (QED) is 0.647. The number of aromatic nitrogens is 3. The number of hydrogen-bond donors (Lipinski definition) is 0. The fourth-order valence-electron chi connectivity index (χ4n) is 3.26. The standard InChI is InChI=1S/C20H20N4O4/c1-4-26-16-9-13(10-21-19(16)27-5-2)14-8-12(3)18-15(22-14)11-24(20(18)25)17-6-7-28-23-17/h6-10H,4-5,11H2,1-3H3. The van der Waals surface area contributed by atoms with E-state index in [9.17, 15) is 4.79 Å². The largest absolute Gasteiger partial charge is 0.488 e. The van der Waals surface area contributed by atoms with Gasteiger partial charge in [0.05, 0.1) is 36.7 Å². The third-order valence-electron chi connectivity index (χ3n) is 4.45. The van der Waals surface area contributed by atoms with E-state index in [1.165, 1.54) is 6.26 Å². The summed E-state index contributed by atoms with van der Waals surface area (Å²) in [5.74, 6) is 1.38. The molecule has 0 bridgehead atoms. The maximum Gasteiger partial charge on any atom is 0.262 e. The van der Waals surface area contributed by atoms with Crippen molar-refractivity contribution in [3.63, 3.8) is 0 Å². The number of nitrogens with zero attached hydrogens (tertiary/aromatic N) is 4. The molecule has 3 aromatic rings. The first-order valence-electron chi connectivity index (χ1n) is 9.11. The molecule has 0 spiro atoms. The predicted octanol–water partition coefficient (Wildman–Crippen LogP) is 3.40. The van der Waals surface area contributed by atoms with E-state index in [-0.39, 0.29) is 5.91 Å². The van der Waals surface area contributed by atoms with E-state index in [1.54, 1.807) is 17.2 Å². The lowest BCUT2D eigenvalue weighted by Crippen LogP contribution is -2.23. The van der Waals surface area contributed by atoms with Crippen molar-refractivity contribution in [2.45, 2.75) is 27.3 Å². The lowest BCUT2D eigenvalue weighted by atomic mass is 10.1. The molecule has 1 amide bonds. The van der Waals surface area contributed by atoms with E-state index in [1.807, 2.05) is 32.9 Å². The van der Waals surface area contributed by atoms with E-state index in [0.717, 1.165) is 16.8 Å². The maximum atomic E-state index is 12.8. The second-order valence-corrected chi connectivity index (χ2v) is 6.29. The summed E-state index contributed by atoms with van der Waals surface area (Å²) in [6, 6.07) is 5.41. The van der Waals surface area contributed by atoms with Gasteiger partial charge in [0, 0.05) is 17.8 Å². The Balaban J connectivity index is 1.72. The summed E-state index contributed by atoms with van der Waals surface area (Å²) in [6.45, 7) is 7.06. The average Bonchev–Trinajstić information content (AvgIpc) is 3.31. The zero-order valence-electron chi connectivity index (χ0n) is 15.9. The van der Waals surface area contributed by atoms with Gasteiger partial charge in [-0.25, -0.2) is 4.98 Å². The smallest absolute Gasteiger partial charge is 0.262 e. The molecular weight excluding hydrogens is 360 g/mol. The molecule has 0 N–H and O–H groups in total. The molecule has 0 saturated carbocycles. The number of carbonyl (C=O) groups excluding carboxylic acids is 1. The molecule has 4 heterocycles. The first kappa shape index (κ1) is 18.0. The lowest BCUT2D eigenvalue weighted by Gasteiger charge is -2.12. The Hall–Kier alpha value is -3.42.